The first-order valence-electron chi connectivity index (χ1n) is 5.14. The van der Waals surface area contributed by atoms with E-state index in [-0.39, 0.29) is 0 Å². The quantitative estimate of drug-likeness (QED) is 0.354. The minimum Gasteiger partial charge on any atom is -0.495 e. The number of hydrogen-bond acceptors (Lipinski definition) is 6. The van der Waals surface area contributed by atoms with E-state index in [1.165, 1.54) is 0 Å². The lowest BCUT2D eigenvalue weighted by molar-refractivity contribution is 0.210. The SMILES string of the molecule is COCCNc1ccc(N)cc1OC.O=S(=O)(O)O. The molecule has 0 heterocycles. The summed E-state index contributed by atoms with van der Waals surface area (Å²) in [6, 6.07) is 5.51. The zero-order chi connectivity index (χ0) is 14.9. The molecule has 1 aromatic carbocycles. The predicted octanol–water partition coefficient (Wildman–Crippen LogP) is 0.683. The first-order valence-corrected chi connectivity index (χ1v) is 6.54. The third kappa shape index (κ3) is 10.1. The summed E-state index contributed by atoms with van der Waals surface area (Å²) in [4.78, 5) is 0. The maximum Gasteiger partial charge on any atom is 0.394 e. The Balaban J connectivity index is 0.000000555. The lowest BCUT2D eigenvalue weighted by Gasteiger charge is -2.11. The average molecular weight is 294 g/mol. The van der Waals surface area contributed by atoms with E-state index in [0.29, 0.717) is 12.3 Å². The molecule has 0 saturated heterocycles. The molecule has 1 rings (SSSR count). The van der Waals surface area contributed by atoms with Crippen molar-refractivity contribution in [2.75, 3.05) is 38.4 Å². The topological polar surface area (TPSA) is 131 Å². The molecule has 0 aliphatic rings. The molecule has 0 amide bonds. The van der Waals surface area contributed by atoms with Crippen LogP contribution in [0.15, 0.2) is 18.2 Å². The molecule has 0 spiro atoms. The van der Waals surface area contributed by atoms with E-state index >= 15 is 0 Å². The van der Waals surface area contributed by atoms with Crippen LogP contribution in [0.25, 0.3) is 0 Å². The highest BCUT2D eigenvalue weighted by Gasteiger charge is 2.01. The fourth-order valence-corrected chi connectivity index (χ4v) is 1.14. The van der Waals surface area contributed by atoms with Crippen molar-refractivity contribution in [3.8, 4) is 5.75 Å². The number of methoxy groups -OCH3 is 2. The van der Waals surface area contributed by atoms with Crippen molar-refractivity contribution in [3.05, 3.63) is 18.2 Å². The van der Waals surface area contributed by atoms with Gasteiger partial charge in [-0.2, -0.15) is 8.42 Å². The van der Waals surface area contributed by atoms with E-state index in [1.807, 2.05) is 12.1 Å². The predicted molar refractivity (Wildman–Crippen MR) is 71.9 cm³/mol. The van der Waals surface area contributed by atoms with Crippen LogP contribution in [-0.4, -0.2) is 44.9 Å². The summed E-state index contributed by atoms with van der Waals surface area (Å²) in [5, 5.41) is 3.19. The van der Waals surface area contributed by atoms with Gasteiger partial charge in [0, 0.05) is 25.4 Å². The van der Waals surface area contributed by atoms with Crippen molar-refractivity contribution in [2.45, 2.75) is 0 Å². The van der Waals surface area contributed by atoms with Crippen LogP contribution in [0, 0.1) is 0 Å². The lowest BCUT2D eigenvalue weighted by atomic mass is 10.2. The Labute approximate surface area is 112 Å². The summed E-state index contributed by atoms with van der Waals surface area (Å²) in [6.07, 6.45) is 0. The maximum atomic E-state index is 8.74. The molecule has 110 valence electrons. The van der Waals surface area contributed by atoms with Gasteiger partial charge in [0.05, 0.1) is 19.4 Å². The molecule has 0 unspecified atom stereocenters. The van der Waals surface area contributed by atoms with Gasteiger partial charge < -0.3 is 20.5 Å². The van der Waals surface area contributed by atoms with Gasteiger partial charge in [0.2, 0.25) is 0 Å². The molecule has 0 fully saturated rings. The van der Waals surface area contributed by atoms with E-state index in [2.05, 4.69) is 5.32 Å². The number of rotatable bonds is 5. The summed E-state index contributed by atoms with van der Waals surface area (Å²) < 4.78 is 41.7. The average Bonchev–Trinajstić information content (AvgIpc) is 2.29. The monoisotopic (exact) mass is 294 g/mol. The number of hydrogen-bond donors (Lipinski definition) is 4. The fraction of sp³-hybridized carbons (Fsp3) is 0.400. The molecule has 0 aromatic heterocycles. The number of anilines is 2. The van der Waals surface area contributed by atoms with Crippen molar-refractivity contribution >= 4 is 21.8 Å². The van der Waals surface area contributed by atoms with Crippen molar-refractivity contribution in [2.24, 2.45) is 0 Å². The second-order valence-electron chi connectivity index (χ2n) is 3.33. The van der Waals surface area contributed by atoms with Gasteiger partial charge in [-0.15, -0.1) is 0 Å². The molecule has 0 bridgehead atoms. The smallest absolute Gasteiger partial charge is 0.394 e. The second-order valence-corrected chi connectivity index (χ2v) is 4.22. The molecular formula is C10H18N2O6S. The van der Waals surface area contributed by atoms with Crippen LogP contribution in [0.2, 0.25) is 0 Å². The second kappa shape index (κ2) is 8.53. The molecule has 0 saturated carbocycles. The van der Waals surface area contributed by atoms with E-state index in [0.717, 1.165) is 18.0 Å². The van der Waals surface area contributed by atoms with Crippen molar-refractivity contribution < 1.29 is 27.0 Å². The molecule has 0 aliphatic carbocycles. The molecule has 0 radical (unpaired) electrons. The largest absolute Gasteiger partial charge is 0.495 e. The van der Waals surface area contributed by atoms with E-state index < -0.39 is 10.4 Å². The first kappa shape index (κ1) is 17.4. The minimum absolute atomic E-state index is 0.660. The van der Waals surface area contributed by atoms with Crippen molar-refractivity contribution in [1.82, 2.24) is 0 Å². The number of nitrogen functional groups attached to an aromatic ring is 1. The molecule has 8 nitrogen and oxygen atoms in total. The Bertz CT molecular complexity index is 469. The van der Waals surface area contributed by atoms with Crippen LogP contribution in [-0.2, 0) is 15.1 Å². The number of nitrogens with two attached hydrogens (primary N) is 1. The molecule has 9 heteroatoms. The van der Waals surface area contributed by atoms with Gasteiger partial charge in [0.15, 0.2) is 0 Å². The summed E-state index contributed by atoms with van der Waals surface area (Å²) in [5.74, 6) is 0.751. The molecular weight excluding hydrogens is 276 g/mol. The third-order valence-electron chi connectivity index (χ3n) is 1.85. The minimum atomic E-state index is -4.67. The fourth-order valence-electron chi connectivity index (χ4n) is 1.14. The summed E-state index contributed by atoms with van der Waals surface area (Å²) >= 11 is 0. The van der Waals surface area contributed by atoms with Crippen molar-refractivity contribution in [3.63, 3.8) is 0 Å². The molecule has 0 atom stereocenters. The highest BCUT2D eigenvalue weighted by atomic mass is 32.3. The van der Waals surface area contributed by atoms with Gasteiger partial charge in [0.25, 0.3) is 0 Å². The van der Waals surface area contributed by atoms with Crippen LogP contribution >= 0.6 is 0 Å². The Morgan fingerprint density at radius 1 is 1.32 bits per heavy atom. The van der Waals surface area contributed by atoms with E-state index in [9.17, 15) is 0 Å². The van der Waals surface area contributed by atoms with Gasteiger partial charge in [0.1, 0.15) is 5.75 Å². The summed E-state index contributed by atoms with van der Waals surface area (Å²) in [6.45, 7) is 1.41. The Morgan fingerprint density at radius 3 is 2.37 bits per heavy atom. The van der Waals surface area contributed by atoms with Crippen LogP contribution in [0.3, 0.4) is 0 Å². The van der Waals surface area contributed by atoms with Crippen LogP contribution in [0.1, 0.15) is 0 Å². The van der Waals surface area contributed by atoms with E-state index in [1.54, 1.807) is 20.3 Å². The number of nitrogens with one attached hydrogen (secondary N) is 1. The van der Waals surface area contributed by atoms with Crippen LogP contribution in [0.5, 0.6) is 5.75 Å². The lowest BCUT2D eigenvalue weighted by Crippen LogP contribution is -2.08. The number of ether oxygens (including phenoxy) is 2. The van der Waals surface area contributed by atoms with Gasteiger partial charge >= 0.3 is 10.4 Å². The van der Waals surface area contributed by atoms with Gasteiger partial charge in [-0.05, 0) is 12.1 Å². The standard InChI is InChI=1S/C10H16N2O2.H2O4S/c1-13-6-5-12-9-4-3-8(11)7-10(9)14-2;1-5(2,3)4/h3-4,7,12H,5-6,11H2,1-2H3;(H2,1,2,3,4). The highest BCUT2D eigenvalue weighted by molar-refractivity contribution is 7.79. The zero-order valence-electron chi connectivity index (χ0n) is 10.7. The van der Waals surface area contributed by atoms with Crippen molar-refractivity contribution in [1.29, 1.82) is 0 Å². The zero-order valence-corrected chi connectivity index (χ0v) is 11.5. The van der Waals surface area contributed by atoms with Gasteiger partial charge in [-0.25, -0.2) is 0 Å². The third-order valence-corrected chi connectivity index (χ3v) is 1.85. The molecule has 19 heavy (non-hydrogen) atoms. The molecule has 5 N–H and O–H groups in total. The maximum absolute atomic E-state index is 8.74. The van der Waals surface area contributed by atoms with E-state index in [4.69, 9.17) is 32.7 Å². The van der Waals surface area contributed by atoms with Crippen LogP contribution < -0.4 is 15.8 Å². The molecule has 0 aliphatic heterocycles. The van der Waals surface area contributed by atoms with Gasteiger partial charge in [-0.1, -0.05) is 0 Å². The van der Waals surface area contributed by atoms with Crippen LogP contribution in [0.4, 0.5) is 11.4 Å². The molecule has 1 aromatic rings. The normalized spacial score (nSPS) is 10.3. The summed E-state index contributed by atoms with van der Waals surface area (Å²) in [5.41, 5.74) is 7.25. The first-order chi connectivity index (χ1) is 8.77. The Kier molecular flexibility index (Phi) is 7.84. The Morgan fingerprint density at radius 2 is 1.89 bits per heavy atom. The summed E-state index contributed by atoms with van der Waals surface area (Å²) in [7, 11) is -1.38. The Hall–Kier alpha value is -1.55. The van der Waals surface area contributed by atoms with Gasteiger partial charge in [-0.3, -0.25) is 9.11 Å². The number of benzene rings is 1. The highest BCUT2D eigenvalue weighted by Crippen LogP contribution is 2.26.